The van der Waals surface area contributed by atoms with Gasteiger partial charge in [0, 0.05) is 39.2 Å². The molecule has 0 atom stereocenters. The van der Waals surface area contributed by atoms with Crippen molar-refractivity contribution >= 4 is 36.5 Å². The number of carbonyl (C=O) groups excluding carboxylic acids is 1. The molecule has 1 amide bonds. The van der Waals surface area contributed by atoms with Gasteiger partial charge in [-0.3, -0.25) is 9.48 Å². The second kappa shape index (κ2) is 9.75. The minimum absolute atomic E-state index is 0. The van der Waals surface area contributed by atoms with Crippen molar-refractivity contribution in [1.29, 1.82) is 0 Å². The van der Waals surface area contributed by atoms with E-state index in [4.69, 9.17) is 0 Å². The van der Waals surface area contributed by atoms with Gasteiger partial charge in [0.15, 0.2) is 0 Å². The Bertz CT molecular complexity index is 669. The van der Waals surface area contributed by atoms with Crippen molar-refractivity contribution < 1.29 is 4.79 Å². The maximum Gasteiger partial charge on any atom is 0.248 e. The van der Waals surface area contributed by atoms with Gasteiger partial charge in [0.2, 0.25) is 5.91 Å². The van der Waals surface area contributed by atoms with Gasteiger partial charge in [-0.1, -0.05) is 6.07 Å². The molecule has 3 heterocycles. The lowest BCUT2D eigenvalue weighted by Crippen LogP contribution is -2.54. The van der Waals surface area contributed by atoms with Crippen LogP contribution in [-0.4, -0.2) is 47.9 Å². The van der Waals surface area contributed by atoms with Crippen LogP contribution in [0.4, 0.5) is 5.82 Å². The van der Waals surface area contributed by atoms with Gasteiger partial charge < -0.3 is 15.5 Å². The van der Waals surface area contributed by atoms with Crippen molar-refractivity contribution in [1.82, 2.24) is 25.4 Å². The molecule has 3 rings (SSSR count). The Balaban J connectivity index is 0.00000169. The molecule has 0 aromatic carbocycles. The van der Waals surface area contributed by atoms with Crippen LogP contribution in [0, 0.1) is 0 Å². The average molecular weight is 401 g/mol. The fourth-order valence-electron chi connectivity index (χ4n) is 3.06. The van der Waals surface area contributed by atoms with Gasteiger partial charge in [-0.15, -0.1) is 24.8 Å². The molecular weight excluding hydrogens is 375 g/mol. The summed E-state index contributed by atoms with van der Waals surface area (Å²) in [6, 6.07) is 5.81. The summed E-state index contributed by atoms with van der Waals surface area (Å²) < 4.78 is 1.80. The van der Waals surface area contributed by atoms with Crippen LogP contribution in [0.1, 0.15) is 18.4 Å². The lowest BCUT2D eigenvalue weighted by molar-refractivity contribution is -0.132. The van der Waals surface area contributed by atoms with E-state index in [0.29, 0.717) is 6.54 Å². The lowest BCUT2D eigenvalue weighted by atomic mass is 9.87. The lowest BCUT2D eigenvalue weighted by Gasteiger charge is -2.36. The number of hydrogen-bond donors (Lipinski definition) is 2. The third kappa shape index (κ3) is 4.66. The second-order valence-corrected chi connectivity index (χ2v) is 6.33. The molecule has 1 aliphatic heterocycles. The highest BCUT2D eigenvalue weighted by Gasteiger charge is 2.41. The SMILES string of the molecule is CN(C)c1ccc(CNC(=O)C2(n3cccn3)CCNCC2)cn1.Cl.Cl. The smallest absolute Gasteiger partial charge is 0.248 e. The zero-order valence-corrected chi connectivity index (χ0v) is 16.6. The van der Waals surface area contributed by atoms with Crippen molar-refractivity contribution in [2.45, 2.75) is 24.9 Å². The number of rotatable bonds is 5. The first-order valence-corrected chi connectivity index (χ1v) is 8.23. The zero-order chi connectivity index (χ0) is 17.0. The van der Waals surface area contributed by atoms with Gasteiger partial charge in [0.1, 0.15) is 11.4 Å². The molecule has 2 N–H and O–H groups in total. The van der Waals surface area contributed by atoms with Crippen molar-refractivity contribution in [3.05, 3.63) is 42.4 Å². The maximum absolute atomic E-state index is 12.9. The first kappa shape index (κ1) is 22.2. The van der Waals surface area contributed by atoms with Crippen molar-refractivity contribution in [2.24, 2.45) is 0 Å². The van der Waals surface area contributed by atoms with Crippen LogP contribution in [0.25, 0.3) is 0 Å². The monoisotopic (exact) mass is 400 g/mol. The number of amides is 1. The number of pyridine rings is 1. The molecule has 1 fully saturated rings. The number of carbonyl (C=O) groups is 1. The Kier molecular flexibility index (Phi) is 8.33. The highest BCUT2D eigenvalue weighted by atomic mass is 35.5. The number of nitrogens with zero attached hydrogens (tertiary/aromatic N) is 4. The van der Waals surface area contributed by atoms with Gasteiger partial charge in [0.05, 0.1) is 0 Å². The van der Waals surface area contributed by atoms with Crippen LogP contribution in [0.3, 0.4) is 0 Å². The number of piperidine rings is 1. The molecule has 26 heavy (non-hydrogen) atoms. The molecule has 1 saturated heterocycles. The number of nitrogens with one attached hydrogen (secondary N) is 2. The number of anilines is 1. The normalized spacial score (nSPS) is 15.3. The molecule has 0 unspecified atom stereocenters. The molecule has 0 radical (unpaired) electrons. The molecule has 0 aliphatic carbocycles. The zero-order valence-electron chi connectivity index (χ0n) is 15.0. The van der Waals surface area contributed by atoms with Gasteiger partial charge in [0.25, 0.3) is 0 Å². The predicted octanol–water partition coefficient (Wildman–Crippen LogP) is 1.58. The Labute approximate surface area is 166 Å². The largest absolute Gasteiger partial charge is 0.363 e. The molecule has 2 aromatic heterocycles. The highest BCUT2D eigenvalue weighted by Crippen LogP contribution is 2.27. The predicted molar refractivity (Wildman–Crippen MR) is 107 cm³/mol. The van der Waals surface area contributed by atoms with E-state index in [1.165, 1.54) is 0 Å². The van der Waals surface area contributed by atoms with Crippen LogP contribution in [0.15, 0.2) is 36.8 Å². The van der Waals surface area contributed by atoms with E-state index in [1.54, 1.807) is 17.1 Å². The van der Waals surface area contributed by atoms with Gasteiger partial charge in [-0.05, 0) is 43.6 Å². The Hall–Kier alpha value is -1.83. The van der Waals surface area contributed by atoms with E-state index in [9.17, 15) is 4.79 Å². The molecule has 2 aromatic rings. The molecule has 1 aliphatic rings. The van der Waals surface area contributed by atoms with Crippen molar-refractivity contribution in [3.8, 4) is 0 Å². The van der Waals surface area contributed by atoms with Crippen LogP contribution >= 0.6 is 24.8 Å². The minimum Gasteiger partial charge on any atom is -0.363 e. The number of halogens is 2. The Morgan fingerprint density at radius 2 is 2.04 bits per heavy atom. The summed E-state index contributed by atoms with van der Waals surface area (Å²) in [4.78, 5) is 19.3. The Morgan fingerprint density at radius 3 is 2.58 bits per heavy atom. The van der Waals surface area contributed by atoms with Crippen molar-refractivity contribution in [2.75, 3.05) is 32.1 Å². The standard InChI is InChI=1S/C17H24N6O.2ClH/c1-22(2)15-5-4-14(12-19-15)13-20-16(24)17(6-9-18-10-7-17)23-11-3-8-21-23;;/h3-5,8,11-12,18H,6-7,9-10,13H2,1-2H3,(H,20,24);2*1H. The number of aromatic nitrogens is 3. The van der Waals surface area contributed by atoms with E-state index >= 15 is 0 Å². The van der Waals surface area contributed by atoms with Gasteiger partial charge in [-0.2, -0.15) is 5.10 Å². The van der Waals surface area contributed by atoms with E-state index < -0.39 is 5.54 Å². The Morgan fingerprint density at radius 1 is 1.31 bits per heavy atom. The molecule has 0 spiro atoms. The molecule has 0 saturated carbocycles. The molecule has 9 heteroatoms. The maximum atomic E-state index is 12.9. The molecule has 0 bridgehead atoms. The van der Waals surface area contributed by atoms with Gasteiger partial charge in [-0.25, -0.2) is 4.98 Å². The number of hydrogen-bond acceptors (Lipinski definition) is 5. The summed E-state index contributed by atoms with van der Waals surface area (Å²) in [5, 5.41) is 10.7. The summed E-state index contributed by atoms with van der Waals surface area (Å²) in [6.07, 6.45) is 6.87. The van der Waals surface area contributed by atoms with Crippen LogP contribution in [0.2, 0.25) is 0 Å². The van der Waals surface area contributed by atoms with E-state index in [-0.39, 0.29) is 30.7 Å². The second-order valence-electron chi connectivity index (χ2n) is 6.33. The molecular formula is C17H26Cl2N6O. The van der Waals surface area contributed by atoms with E-state index in [0.717, 1.165) is 37.3 Å². The topological polar surface area (TPSA) is 75.1 Å². The van der Waals surface area contributed by atoms with Crippen molar-refractivity contribution in [3.63, 3.8) is 0 Å². The minimum atomic E-state index is -0.605. The molecule has 144 valence electrons. The quantitative estimate of drug-likeness (QED) is 0.796. The van der Waals surface area contributed by atoms with Crippen LogP contribution < -0.4 is 15.5 Å². The fourth-order valence-corrected chi connectivity index (χ4v) is 3.06. The fraction of sp³-hybridized carbons (Fsp3) is 0.471. The van der Waals surface area contributed by atoms with Crippen LogP contribution in [-0.2, 0) is 16.9 Å². The van der Waals surface area contributed by atoms with E-state index in [2.05, 4.69) is 20.7 Å². The van der Waals surface area contributed by atoms with Crippen LogP contribution in [0.5, 0.6) is 0 Å². The summed E-state index contributed by atoms with van der Waals surface area (Å²) in [5.41, 5.74) is 0.379. The van der Waals surface area contributed by atoms with Gasteiger partial charge >= 0.3 is 0 Å². The first-order chi connectivity index (χ1) is 11.6. The summed E-state index contributed by atoms with van der Waals surface area (Å²) in [7, 11) is 3.91. The van der Waals surface area contributed by atoms with E-state index in [1.807, 2.05) is 43.4 Å². The molecule has 7 nitrogen and oxygen atoms in total. The summed E-state index contributed by atoms with van der Waals surface area (Å²) in [6.45, 7) is 2.09. The first-order valence-electron chi connectivity index (χ1n) is 8.23. The third-order valence-corrected chi connectivity index (χ3v) is 4.52. The highest BCUT2D eigenvalue weighted by molar-refractivity contribution is 5.85. The summed E-state index contributed by atoms with van der Waals surface area (Å²) in [5.74, 6) is 0.917. The average Bonchev–Trinajstić information content (AvgIpc) is 3.15. The summed E-state index contributed by atoms with van der Waals surface area (Å²) >= 11 is 0. The third-order valence-electron chi connectivity index (χ3n) is 4.52.